The fourth-order valence-electron chi connectivity index (χ4n) is 2.47. The van der Waals surface area contributed by atoms with E-state index in [0.29, 0.717) is 12.6 Å². The lowest BCUT2D eigenvalue weighted by Gasteiger charge is -2.25. The van der Waals surface area contributed by atoms with E-state index in [2.05, 4.69) is 20.2 Å². The van der Waals surface area contributed by atoms with Crippen molar-refractivity contribution in [2.75, 3.05) is 43.6 Å². The number of methoxy groups -OCH3 is 1. The zero-order valence-corrected chi connectivity index (χ0v) is 11.4. The minimum absolute atomic E-state index is 0.227. The van der Waals surface area contributed by atoms with Gasteiger partial charge in [0.15, 0.2) is 0 Å². The summed E-state index contributed by atoms with van der Waals surface area (Å²) in [6, 6.07) is 2.36. The van der Waals surface area contributed by atoms with Gasteiger partial charge in [-0.05, 0) is 19.3 Å². The van der Waals surface area contributed by atoms with E-state index in [1.165, 1.54) is 0 Å². The van der Waals surface area contributed by atoms with Crippen molar-refractivity contribution in [1.82, 2.24) is 9.97 Å². The van der Waals surface area contributed by atoms with E-state index in [1.807, 2.05) is 6.07 Å². The molecule has 1 aliphatic rings. The second-order valence-electron chi connectivity index (χ2n) is 4.68. The second kappa shape index (κ2) is 7.25. The van der Waals surface area contributed by atoms with Gasteiger partial charge in [0.1, 0.15) is 18.0 Å². The van der Waals surface area contributed by atoms with E-state index in [-0.39, 0.29) is 6.61 Å². The predicted octanol–water partition coefficient (Wildman–Crippen LogP) is 0.886. The Labute approximate surface area is 113 Å². The Morgan fingerprint density at radius 1 is 1.53 bits per heavy atom. The van der Waals surface area contributed by atoms with Crippen LogP contribution in [-0.4, -0.2) is 54.5 Å². The van der Waals surface area contributed by atoms with E-state index in [1.54, 1.807) is 13.4 Å². The third-order valence-electron chi connectivity index (χ3n) is 3.40. The molecule has 0 bridgehead atoms. The number of rotatable bonds is 7. The van der Waals surface area contributed by atoms with Gasteiger partial charge < -0.3 is 20.1 Å². The largest absolute Gasteiger partial charge is 0.396 e. The van der Waals surface area contributed by atoms with Gasteiger partial charge in [0.05, 0.1) is 6.61 Å². The summed E-state index contributed by atoms with van der Waals surface area (Å²) in [6.45, 7) is 2.60. The summed E-state index contributed by atoms with van der Waals surface area (Å²) < 4.78 is 5.00. The number of aliphatic hydroxyl groups is 1. The van der Waals surface area contributed by atoms with Gasteiger partial charge in [-0.1, -0.05) is 0 Å². The minimum atomic E-state index is 0.227. The van der Waals surface area contributed by atoms with Crippen molar-refractivity contribution < 1.29 is 9.84 Å². The predicted molar refractivity (Wildman–Crippen MR) is 74.5 cm³/mol. The van der Waals surface area contributed by atoms with Crippen LogP contribution in [0.1, 0.15) is 19.3 Å². The van der Waals surface area contributed by atoms with Crippen LogP contribution in [0.2, 0.25) is 0 Å². The van der Waals surface area contributed by atoms with E-state index < -0.39 is 0 Å². The van der Waals surface area contributed by atoms with Crippen LogP contribution >= 0.6 is 0 Å². The number of nitrogens with zero attached hydrogens (tertiary/aromatic N) is 3. The monoisotopic (exact) mass is 266 g/mol. The summed E-state index contributed by atoms with van der Waals surface area (Å²) in [5.41, 5.74) is 0. The van der Waals surface area contributed by atoms with Gasteiger partial charge >= 0.3 is 0 Å². The molecule has 1 fully saturated rings. The molecule has 0 saturated carbocycles. The van der Waals surface area contributed by atoms with Gasteiger partial charge in [-0.3, -0.25) is 0 Å². The third kappa shape index (κ3) is 3.78. The molecule has 6 heteroatoms. The summed E-state index contributed by atoms with van der Waals surface area (Å²) in [5, 5.41) is 12.3. The zero-order chi connectivity index (χ0) is 13.5. The van der Waals surface area contributed by atoms with Gasteiger partial charge in [-0.2, -0.15) is 0 Å². The molecule has 2 heterocycles. The van der Waals surface area contributed by atoms with Crippen LogP contribution in [0.3, 0.4) is 0 Å². The molecular formula is C13H22N4O2. The Bertz CT molecular complexity index is 389. The maximum absolute atomic E-state index is 9.10. The summed E-state index contributed by atoms with van der Waals surface area (Å²) in [7, 11) is 1.68. The highest BCUT2D eigenvalue weighted by atomic mass is 16.5. The average molecular weight is 266 g/mol. The fraction of sp³-hybridized carbons (Fsp3) is 0.692. The van der Waals surface area contributed by atoms with Gasteiger partial charge in [0.25, 0.3) is 0 Å². The third-order valence-corrected chi connectivity index (χ3v) is 3.40. The second-order valence-corrected chi connectivity index (χ2v) is 4.68. The maximum Gasteiger partial charge on any atom is 0.134 e. The molecule has 1 aromatic heterocycles. The number of aromatic nitrogens is 2. The maximum atomic E-state index is 9.10. The molecule has 1 aliphatic heterocycles. The van der Waals surface area contributed by atoms with Crippen LogP contribution in [0.25, 0.3) is 0 Å². The lowest BCUT2D eigenvalue weighted by Crippen LogP contribution is -2.30. The first-order chi connectivity index (χ1) is 9.35. The summed E-state index contributed by atoms with van der Waals surface area (Å²) >= 11 is 0. The molecule has 0 radical (unpaired) electrons. The van der Waals surface area contributed by atoms with Gasteiger partial charge in [-0.15, -0.1) is 0 Å². The lowest BCUT2D eigenvalue weighted by molar-refractivity contribution is 0.210. The first-order valence-electron chi connectivity index (χ1n) is 6.77. The Morgan fingerprint density at radius 3 is 3.21 bits per heavy atom. The average Bonchev–Trinajstić information content (AvgIpc) is 2.88. The highest BCUT2D eigenvalue weighted by Gasteiger charge is 2.25. The molecule has 0 aromatic carbocycles. The molecule has 1 atom stereocenters. The quantitative estimate of drug-likeness (QED) is 0.714. The highest BCUT2D eigenvalue weighted by Crippen LogP contribution is 2.26. The minimum Gasteiger partial charge on any atom is -0.396 e. The van der Waals surface area contributed by atoms with E-state index in [4.69, 9.17) is 9.84 Å². The van der Waals surface area contributed by atoms with E-state index in [9.17, 15) is 0 Å². The first kappa shape index (κ1) is 14.0. The van der Waals surface area contributed by atoms with Crippen molar-refractivity contribution >= 4 is 11.6 Å². The molecular weight excluding hydrogens is 244 g/mol. The van der Waals surface area contributed by atoms with Crippen molar-refractivity contribution in [2.45, 2.75) is 25.3 Å². The Balaban J connectivity index is 2.01. The SMILES string of the molecule is COCCNc1cc(N2CCCC2CCO)ncn1. The van der Waals surface area contributed by atoms with Gasteiger partial charge in [0.2, 0.25) is 0 Å². The molecule has 0 amide bonds. The van der Waals surface area contributed by atoms with Crippen molar-refractivity contribution in [2.24, 2.45) is 0 Å². The molecule has 1 aromatic rings. The van der Waals surface area contributed by atoms with Crippen LogP contribution in [0.5, 0.6) is 0 Å². The smallest absolute Gasteiger partial charge is 0.134 e. The number of nitrogens with one attached hydrogen (secondary N) is 1. The van der Waals surface area contributed by atoms with Crippen molar-refractivity contribution in [3.05, 3.63) is 12.4 Å². The van der Waals surface area contributed by atoms with Crippen molar-refractivity contribution in [3.63, 3.8) is 0 Å². The number of hydrogen-bond acceptors (Lipinski definition) is 6. The lowest BCUT2D eigenvalue weighted by atomic mass is 10.1. The summed E-state index contributed by atoms with van der Waals surface area (Å²) in [6.07, 6.45) is 4.66. The fourth-order valence-corrected chi connectivity index (χ4v) is 2.47. The van der Waals surface area contributed by atoms with Crippen LogP contribution in [0.4, 0.5) is 11.6 Å². The number of ether oxygens (including phenoxy) is 1. The molecule has 1 unspecified atom stereocenters. The molecule has 1 saturated heterocycles. The molecule has 0 aliphatic carbocycles. The topological polar surface area (TPSA) is 70.5 Å². The molecule has 2 rings (SSSR count). The molecule has 0 spiro atoms. The molecule has 106 valence electrons. The van der Waals surface area contributed by atoms with Crippen LogP contribution < -0.4 is 10.2 Å². The highest BCUT2D eigenvalue weighted by molar-refractivity contribution is 5.49. The van der Waals surface area contributed by atoms with Crippen LogP contribution in [0.15, 0.2) is 12.4 Å². The Morgan fingerprint density at radius 2 is 2.42 bits per heavy atom. The van der Waals surface area contributed by atoms with Crippen molar-refractivity contribution in [3.8, 4) is 0 Å². The van der Waals surface area contributed by atoms with Crippen molar-refractivity contribution in [1.29, 1.82) is 0 Å². The van der Waals surface area contributed by atoms with E-state index >= 15 is 0 Å². The normalized spacial score (nSPS) is 18.8. The number of aliphatic hydroxyl groups excluding tert-OH is 1. The number of anilines is 2. The molecule has 6 nitrogen and oxygen atoms in total. The number of hydrogen-bond donors (Lipinski definition) is 2. The van der Waals surface area contributed by atoms with Gasteiger partial charge in [-0.25, -0.2) is 9.97 Å². The van der Waals surface area contributed by atoms with Gasteiger partial charge in [0, 0.05) is 38.9 Å². The Kier molecular flexibility index (Phi) is 5.35. The zero-order valence-electron chi connectivity index (χ0n) is 11.4. The Hall–Kier alpha value is -1.40. The molecule has 2 N–H and O–H groups in total. The standard InChI is InChI=1S/C13H22N4O2/c1-19-8-5-14-12-9-13(16-10-15-12)17-6-2-3-11(17)4-7-18/h9-11,18H,2-8H2,1H3,(H,14,15,16). The summed E-state index contributed by atoms with van der Waals surface area (Å²) in [5.74, 6) is 1.75. The van der Waals surface area contributed by atoms with Crippen LogP contribution in [0, 0.1) is 0 Å². The summed E-state index contributed by atoms with van der Waals surface area (Å²) in [4.78, 5) is 10.8. The molecule has 19 heavy (non-hydrogen) atoms. The van der Waals surface area contributed by atoms with Crippen LogP contribution in [-0.2, 0) is 4.74 Å². The first-order valence-corrected chi connectivity index (χ1v) is 6.77. The van der Waals surface area contributed by atoms with E-state index in [0.717, 1.165) is 44.0 Å².